The van der Waals surface area contributed by atoms with E-state index in [0.29, 0.717) is 68.6 Å². The zero-order chi connectivity index (χ0) is 68.5. The molecule has 95 heavy (non-hydrogen) atoms. The van der Waals surface area contributed by atoms with Gasteiger partial charge in [-0.1, -0.05) is 130 Å². The van der Waals surface area contributed by atoms with Gasteiger partial charge in [-0.15, -0.1) is 0 Å². The molecule has 0 aliphatic carbocycles. The number of rotatable bonds is 10. The van der Waals surface area contributed by atoms with E-state index in [0.717, 1.165) is 78.4 Å². The van der Waals surface area contributed by atoms with Crippen LogP contribution in [0.5, 0.6) is 0 Å². The summed E-state index contributed by atoms with van der Waals surface area (Å²) in [5, 5.41) is 0. The summed E-state index contributed by atoms with van der Waals surface area (Å²) in [6.45, 7) is 25.9. The number of nitrogens with zero attached hydrogens (tertiary/aromatic N) is 11. The zero-order valence-corrected chi connectivity index (χ0v) is 57.4. The van der Waals surface area contributed by atoms with Gasteiger partial charge in [0.15, 0.2) is 65.5 Å². The van der Waals surface area contributed by atoms with Crippen LogP contribution >= 0.6 is 0 Å². The number of hydrogen-bond acceptors (Lipinski definition) is 7. The molecule has 482 valence electrons. The Kier molecular flexibility index (Phi) is 21.9. The molecular formula is C80H83F4N11+4. The standard InChI is InChI=1S/C23H27FN3.C20H19FN.C19H19FN3.C18H18FN4/c1-14(2)20-12-21(15(3)4)26-23(25-20)17-11-19(24)22(27(6)13-17)18-10-8-7-9-16(18)5;1-14-7-6-9-16(11-14)17-12-19(21)20(22(3)13-17)18-10-5-4-8-15(18)2;1-12-7-5-6-8-16(12)18-17(20)10-15(11-23(18)4)19-21-13(2)9-14(3)22-19;1-11-7-5-6-8-15(11)17-16(19)9-14(10-23(17)4)18-21-12(2)20-13(3)22-18/h7-15H,1-6H3;4-13H,1-3H3;5-11H,1-4H3;5-10H,1-4H3/q4*+1. The molecule has 7 heterocycles. The summed E-state index contributed by atoms with van der Waals surface area (Å²) in [5.74, 6) is 2.40. The fourth-order valence-electron chi connectivity index (χ4n) is 11.5. The Balaban J connectivity index is 0.000000149. The first kappa shape index (κ1) is 68.9. The van der Waals surface area contributed by atoms with Gasteiger partial charge in [-0.05, 0) is 163 Å². The molecule has 0 saturated heterocycles. The minimum absolute atomic E-state index is 0.198. The third-order valence-electron chi connectivity index (χ3n) is 16.3. The van der Waals surface area contributed by atoms with Crippen LogP contribution in [0.2, 0.25) is 0 Å². The van der Waals surface area contributed by atoms with Crippen molar-refractivity contribution in [1.82, 2.24) is 34.9 Å². The molecule has 12 rings (SSSR count). The Labute approximate surface area is 556 Å². The number of halogens is 4. The summed E-state index contributed by atoms with van der Waals surface area (Å²) in [6.07, 6.45) is 7.62. The molecule has 0 N–H and O–H groups in total. The van der Waals surface area contributed by atoms with E-state index in [1.165, 1.54) is 17.7 Å². The molecule has 7 aromatic heterocycles. The van der Waals surface area contributed by atoms with Crippen LogP contribution in [0, 0.1) is 85.6 Å². The van der Waals surface area contributed by atoms with Gasteiger partial charge in [-0.25, -0.2) is 34.9 Å². The third-order valence-corrected chi connectivity index (χ3v) is 16.3. The molecule has 0 spiro atoms. The van der Waals surface area contributed by atoms with E-state index in [4.69, 9.17) is 9.97 Å². The Morgan fingerprint density at radius 2 is 0.600 bits per heavy atom. The lowest BCUT2D eigenvalue weighted by molar-refractivity contribution is -0.661. The van der Waals surface area contributed by atoms with E-state index in [1.54, 1.807) is 35.1 Å². The van der Waals surface area contributed by atoms with E-state index in [9.17, 15) is 13.2 Å². The van der Waals surface area contributed by atoms with Crippen molar-refractivity contribution in [2.75, 3.05) is 0 Å². The highest BCUT2D eigenvalue weighted by molar-refractivity contribution is 5.69. The Morgan fingerprint density at radius 1 is 0.295 bits per heavy atom. The topological polar surface area (TPSA) is 106 Å². The minimum atomic E-state index is -0.296. The number of hydrogen-bond donors (Lipinski definition) is 0. The number of aryl methyl sites for hydroxylation is 13. The molecule has 0 unspecified atom stereocenters. The lowest BCUT2D eigenvalue weighted by Crippen LogP contribution is -2.32. The van der Waals surface area contributed by atoms with Gasteiger partial charge < -0.3 is 0 Å². The summed E-state index contributed by atoms with van der Waals surface area (Å²) in [7, 11) is 7.43. The molecule has 0 aliphatic heterocycles. The van der Waals surface area contributed by atoms with Crippen molar-refractivity contribution in [2.24, 2.45) is 28.2 Å². The maximum absolute atomic E-state index is 15.1. The molecule has 5 aromatic carbocycles. The van der Waals surface area contributed by atoms with Gasteiger partial charge in [-0.3, -0.25) is 0 Å². The quantitative estimate of drug-likeness (QED) is 0.0992. The number of aromatic nitrogens is 11. The van der Waals surface area contributed by atoms with Crippen molar-refractivity contribution in [3.63, 3.8) is 0 Å². The fraction of sp³-hybridized carbons (Fsp3) is 0.237. The van der Waals surface area contributed by atoms with Crippen LogP contribution in [0.1, 0.15) is 102 Å². The Morgan fingerprint density at radius 3 is 0.916 bits per heavy atom. The van der Waals surface area contributed by atoms with E-state index in [1.807, 2.05) is 232 Å². The second kappa shape index (κ2) is 30.1. The highest BCUT2D eigenvalue weighted by atomic mass is 19.1. The second-order valence-electron chi connectivity index (χ2n) is 24.9. The summed E-state index contributed by atoms with van der Waals surface area (Å²) in [6, 6.07) is 49.5. The summed E-state index contributed by atoms with van der Waals surface area (Å²) in [4.78, 5) is 31.0. The molecular weight excluding hydrogens is 1190 g/mol. The first-order valence-corrected chi connectivity index (χ1v) is 31.7. The normalized spacial score (nSPS) is 11.0. The smallest absolute Gasteiger partial charge is 0.233 e. The molecule has 15 heteroatoms. The molecule has 0 atom stereocenters. The molecule has 0 aliphatic rings. The van der Waals surface area contributed by atoms with Crippen molar-refractivity contribution in [3.05, 3.63) is 268 Å². The molecule has 0 fully saturated rings. The zero-order valence-electron chi connectivity index (χ0n) is 57.4. The molecule has 0 bridgehead atoms. The van der Waals surface area contributed by atoms with Crippen LogP contribution in [-0.4, -0.2) is 34.9 Å². The highest BCUT2D eigenvalue weighted by Crippen LogP contribution is 2.32. The predicted octanol–water partition coefficient (Wildman–Crippen LogP) is 16.7. The third kappa shape index (κ3) is 16.5. The van der Waals surface area contributed by atoms with Crippen molar-refractivity contribution in [1.29, 1.82) is 0 Å². The number of benzene rings is 5. The first-order chi connectivity index (χ1) is 45.2. The lowest BCUT2D eigenvalue weighted by Gasteiger charge is -2.13. The van der Waals surface area contributed by atoms with E-state index in [-0.39, 0.29) is 35.1 Å². The van der Waals surface area contributed by atoms with Crippen LogP contribution in [0.4, 0.5) is 17.6 Å². The molecule has 11 nitrogen and oxygen atoms in total. The van der Waals surface area contributed by atoms with Gasteiger partial charge in [0.1, 0.15) is 39.8 Å². The predicted molar refractivity (Wildman–Crippen MR) is 369 cm³/mol. The Bertz CT molecular complexity index is 4480. The van der Waals surface area contributed by atoms with Crippen LogP contribution in [0.3, 0.4) is 0 Å². The maximum Gasteiger partial charge on any atom is 0.248 e. The maximum atomic E-state index is 15.1. The number of pyridine rings is 4. The van der Waals surface area contributed by atoms with Gasteiger partial charge in [0.05, 0.1) is 38.9 Å². The van der Waals surface area contributed by atoms with Gasteiger partial charge in [0.2, 0.25) is 22.8 Å². The van der Waals surface area contributed by atoms with Crippen molar-refractivity contribution in [3.8, 4) is 90.3 Å². The van der Waals surface area contributed by atoms with E-state index >= 15 is 4.39 Å². The van der Waals surface area contributed by atoms with Gasteiger partial charge in [0, 0.05) is 28.3 Å². The largest absolute Gasteiger partial charge is 0.248 e. The SMILES string of the molecule is Cc1cc(C)nc(-c2cc(F)c(-c3ccccc3C)[n+](C)c2)n1.Cc1cccc(-c2cc(F)c(-c3ccccc3C)[n+](C)c2)c1.Cc1ccccc1-c1c(F)cc(-c2nc(C(C)C)cc(C(C)C)n2)c[n+]1C.Cc1nc(C)nc(-c2cc(F)c(-c3ccccc3C)[n+](C)c2)n1. The second-order valence-corrected chi connectivity index (χ2v) is 24.9. The fourth-order valence-corrected chi connectivity index (χ4v) is 11.5. The molecule has 0 radical (unpaired) electrons. The molecule has 0 saturated carbocycles. The molecule has 12 aromatic rings. The van der Waals surface area contributed by atoms with Crippen molar-refractivity contribution in [2.45, 2.75) is 102 Å². The van der Waals surface area contributed by atoms with Gasteiger partial charge >= 0.3 is 0 Å². The van der Waals surface area contributed by atoms with Crippen molar-refractivity contribution < 1.29 is 35.8 Å². The monoisotopic (exact) mass is 1270 g/mol. The highest BCUT2D eigenvalue weighted by Gasteiger charge is 2.26. The average Bonchev–Trinajstić information content (AvgIpc) is 0.828. The molecule has 0 amide bonds. The summed E-state index contributed by atoms with van der Waals surface area (Å²) >= 11 is 0. The van der Waals surface area contributed by atoms with Crippen molar-refractivity contribution >= 4 is 0 Å². The first-order valence-electron chi connectivity index (χ1n) is 31.7. The van der Waals surface area contributed by atoms with Gasteiger partial charge in [0.25, 0.3) is 0 Å². The van der Waals surface area contributed by atoms with Crippen LogP contribution in [0.15, 0.2) is 183 Å². The minimum Gasteiger partial charge on any atom is -0.233 e. The summed E-state index contributed by atoms with van der Waals surface area (Å²) < 4.78 is 66.7. The lowest BCUT2D eigenvalue weighted by atomic mass is 10.0. The van der Waals surface area contributed by atoms with Crippen LogP contribution < -0.4 is 18.3 Å². The van der Waals surface area contributed by atoms with Gasteiger partial charge in [-0.2, -0.15) is 35.8 Å². The van der Waals surface area contributed by atoms with Crippen LogP contribution in [-0.2, 0) is 28.2 Å². The summed E-state index contributed by atoms with van der Waals surface area (Å²) in [5.41, 5.74) is 18.9. The van der Waals surface area contributed by atoms with E-state index in [2.05, 4.69) is 64.7 Å². The Hall–Kier alpha value is -10.4. The van der Waals surface area contributed by atoms with E-state index < -0.39 is 0 Å². The van der Waals surface area contributed by atoms with Crippen LogP contribution in [0.25, 0.3) is 90.3 Å². The average molecular weight is 1270 g/mol.